The van der Waals surface area contributed by atoms with Crippen molar-refractivity contribution in [1.82, 2.24) is 19.8 Å². The van der Waals surface area contributed by atoms with Crippen LogP contribution in [-0.4, -0.2) is 74.6 Å². The maximum absolute atomic E-state index is 15.0. The van der Waals surface area contributed by atoms with E-state index in [2.05, 4.69) is 46.2 Å². The highest BCUT2D eigenvalue weighted by Crippen LogP contribution is 2.35. The van der Waals surface area contributed by atoms with Crippen molar-refractivity contribution in [3.05, 3.63) is 47.8 Å². The second kappa shape index (κ2) is 13.9. The lowest BCUT2D eigenvalue weighted by Crippen LogP contribution is -2.38. The third-order valence-electron chi connectivity index (χ3n) is 6.57. The van der Waals surface area contributed by atoms with Crippen LogP contribution in [0.1, 0.15) is 12.0 Å². The maximum atomic E-state index is 15.0. The number of carbonyl (C=O) groups is 1. The third kappa shape index (κ3) is 8.46. The highest BCUT2D eigenvalue weighted by molar-refractivity contribution is 6.76. The van der Waals surface area contributed by atoms with Gasteiger partial charge in [-0.05, 0) is 25.1 Å². The molecule has 3 aromatic rings. The minimum Gasteiger partial charge on any atom is -0.450 e. The predicted octanol–water partition coefficient (Wildman–Crippen LogP) is 5.13. The van der Waals surface area contributed by atoms with Crippen molar-refractivity contribution in [2.24, 2.45) is 0 Å². The van der Waals surface area contributed by atoms with Crippen molar-refractivity contribution in [2.75, 3.05) is 51.3 Å². The van der Waals surface area contributed by atoms with Gasteiger partial charge in [0, 0.05) is 64.5 Å². The van der Waals surface area contributed by atoms with Crippen LogP contribution in [0.5, 0.6) is 11.5 Å². The number of nitriles is 1. The number of fused-ring (bicyclic) bond motifs is 1. The zero-order chi connectivity index (χ0) is 29.4. The van der Waals surface area contributed by atoms with Gasteiger partial charge in [-0.15, -0.1) is 0 Å². The van der Waals surface area contributed by atoms with Gasteiger partial charge < -0.3 is 29.4 Å². The monoisotopic (exact) mass is 586 g/mol. The minimum absolute atomic E-state index is 0.0581. The van der Waals surface area contributed by atoms with E-state index in [9.17, 15) is 18.8 Å². The van der Waals surface area contributed by atoms with E-state index in [1.165, 1.54) is 12.3 Å². The summed E-state index contributed by atoms with van der Waals surface area (Å²) in [4.78, 5) is 18.8. The van der Waals surface area contributed by atoms with Crippen molar-refractivity contribution < 1.29 is 27.8 Å². The summed E-state index contributed by atoms with van der Waals surface area (Å²) in [6.07, 6.45) is 3.76. The molecule has 0 saturated carbocycles. The highest BCUT2D eigenvalue weighted by atomic mass is 28.3. The second-order valence-corrected chi connectivity index (χ2v) is 16.7. The Balaban J connectivity index is 1.40. The van der Waals surface area contributed by atoms with Gasteiger partial charge >= 0.3 is 6.03 Å². The van der Waals surface area contributed by atoms with Crippen molar-refractivity contribution in [3.63, 3.8) is 0 Å². The molecule has 2 amide bonds. The van der Waals surface area contributed by atoms with Crippen LogP contribution in [0.2, 0.25) is 25.7 Å². The SMILES string of the molecule is C[Si](C)(C)CCOCn1cc(C#N)c2c(Oc3c(F)cc(NC(=O)NCCCN4CCOCC4)cc3F)ccnc21. The zero-order valence-electron chi connectivity index (χ0n) is 23.6. The molecule has 41 heavy (non-hydrogen) atoms. The number of pyridine rings is 1. The molecule has 0 radical (unpaired) electrons. The molecule has 0 bridgehead atoms. The molecule has 0 spiro atoms. The Kier molecular flexibility index (Phi) is 10.3. The number of halogens is 2. The van der Waals surface area contributed by atoms with E-state index in [0.29, 0.717) is 37.4 Å². The Labute approximate surface area is 239 Å². The van der Waals surface area contributed by atoms with Gasteiger partial charge in [-0.3, -0.25) is 4.90 Å². The Morgan fingerprint density at radius 2 is 1.95 bits per heavy atom. The fourth-order valence-electron chi connectivity index (χ4n) is 4.34. The molecule has 2 N–H and O–H groups in total. The number of benzene rings is 1. The van der Waals surface area contributed by atoms with Gasteiger partial charge in [0.25, 0.3) is 0 Å². The van der Waals surface area contributed by atoms with Gasteiger partial charge in [-0.1, -0.05) is 19.6 Å². The number of carbonyl (C=O) groups excluding carboxylic acids is 1. The number of hydrogen-bond donors (Lipinski definition) is 2. The lowest BCUT2D eigenvalue weighted by Gasteiger charge is -2.26. The first-order valence-electron chi connectivity index (χ1n) is 13.6. The molecular weight excluding hydrogens is 550 g/mol. The first-order valence-corrected chi connectivity index (χ1v) is 17.3. The molecule has 0 unspecified atom stereocenters. The van der Waals surface area contributed by atoms with E-state index < -0.39 is 31.5 Å². The summed E-state index contributed by atoms with van der Waals surface area (Å²) in [5, 5.41) is 15.2. The lowest BCUT2D eigenvalue weighted by atomic mass is 10.2. The molecule has 4 rings (SSSR count). The number of aromatic nitrogens is 2. The van der Waals surface area contributed by atoms with Crippen molar-refractivity contribution in [1.29, 1.82) is 5.26 Å². The Hall–Kier alpha value is -3.57. The molecule has 3 heterocycles. The molecule has 1 aliphatic rings. The molecule has 1 fully saturated rings. The number of rotatable bonds is 12. The molecular formula is C28H36F2N6O4Si. The molecule has 0 aliphatic carbocycles. The van der Waals surface area contributed by atoms with Crippen LogP contribution in [0.25, 0.3) is 11.0 Å². The Morgan fingerprint density at radius 3 is 2.63 bits per heavy atom. The molecule has 1 aliphatic heterocycles. The average molecular weight is 587 g/mol. The first kappa shape index (κ1) is 30.4. The van der Waals surface area contributed by atoms with Crippen molar-refractivity contribution >= 4 is 30.8 Å². The van der Waals surface area contributed by atoms with Crippen LogP contribution in [0.3, 0.4) is 0 Å². The summed E-state index contributed by atoms with van der Waals surface area (Å²) >= 11 is 0. The number of ether oxygens (including phenoxy) is 3. The summed E-state index contributed by atoms with van der Waals surface area (Å²) in [6, 6.07) is 5.91. The van der Waals surface area contributed by atoms with Crippen LogP contribution in [0, 0.1) is 23.0 Å². The predicted molar refractivity (Wildman–Crippen MR) is 154 cm³/mol. The van der Waals surface area contributed by atoms with Gasteiger partial charge in [0.2, 0.25) is 0 Å². The number of hydrogen-bond acceptors (Lipinski definition) is 7. The van der Waals surface area contributed by atoms with Crippen LogP contribution < -0.4 is 15.4 Å². The summed E-state index contributed by atoms with van der Waals surface area (Å²) in [6.45, 7) is 11.9. The number of morpholine rings is 1. The molecule has 0 atom stereocenters. The van der Waals surface area contributed by atoms with Gasteiger partial charge in [0.15, 0.2) is 17.4 Å². The smallest absolute Gasteiger partial charge is 0.319 e. The largest absolute Gasteiger partial charge is 0.450 e. The van der Waals surface area contributed by atoms with E-state index >= 15 is 0 Å². The zero-order valence-corrected chi connectivity index (χ0v) is 24.6. The van der Waals surface area contributed by atoms with Gasteiger partial charge in [0.05, 0.1) is 24.2 Å². The number of nitrogens with one attached hydrogen (secondary N) is 2. The Bertz CT molecular complexity index is 1380. The van der Waals surface area contributed by atoms with E-state index in [1.54, 1.807) is 10.8 Å². The van der Waals surface area contributed by atoms with Crippen LogP contribution in [0.4, 0.5) is 19.3 Å². The fourth-order valence-corrected chi connectivity index (χ4v) is 5.10. The van der Waals surface area contributed by atoms with E-state index in [1.807, 2.05) is 0 Å². The average Bonchev–Trinajstić information content (AvgIpc) is 3.30. The van der Waals surface area contributed by atoms with Crippen molar-refractivity contribution in [2.45, 2.75) is 38.8 Å². The van der Waals surface area contributed by atoms with Crippen molar-refractivity contribution in [3.8, 4) is 17.6 Å². The molecule has 1 saturated heterocycles. The summed E-state index contributed by atoms with van der Waals surface area (Å²) in [5.41, 5.74) is 0.579. The topological polar surface area (TPSA) is 114 Å². The van der Waals surface area contributed by atoms with E-state index in [0.717, 1.165) is 44.2 Å². The van der Waals surface area contributed by atoms with Crippen LogP contribution >= 0.6 is 0 Å². The Morgan fingerprint density at radius 1 is 1.22 bits per heavy atom. The number of urea groups is 1. The quantitative estimate of drug-likeness (QED) is 0.223. The molecule has 1 aromatic carbocycles. The van der Waals surface area contributed by atoms with E-state index in [-0.39, 0.29) is 23.7 Å². The minimum atomic E-state index is -1.27. The standard InChI is InChI=1S/C28H36F2N6O4Si/c1-41(2,3)14-13-39-19-36-18-20(17-31)25-24(5-7-32-27(25)36)40-26-22(29)15-21(16-23(26)30)34-28(37)33-6-4-8-35-9-11-38-12-10-35/h5,7,15-16,18H,4,6,8-14,19H2,1-3H3,(H2,33,34,37). The number of nitrogens with zero attached hydrogens (tertiary/aromatic N) is 4. The first-order chi connectivity index (χ1) is 19.6. The molecule has 220 valence electrons. The second-order valence-electron chi connectivity index (χ2n) is 11.0. The van der Waals surface area contributed by atoms with Crippen LogP contribution in [-0.2, 0) is 16.2 Å². The van der Waals surface area contributed by atoms with Gasteiger partial charge in [-0.25, -0.2) is 18.6 Å². The number of anilines is 1. The lowest BCUT2D eigenvalue weighted by molar-refractivity contribution is 0.0375. The molecule has 2 aromatic heterocycles. The van der Waals surface area contributed by atoms with Gasteiger partial charge in [-0.2, -0.15) is 5.26 Å². The third-order valence-corrected chi connectivity index (χ3v) is 8.28. The fraction of sp³-hybridized carbons (Fsp3) is 0.464. The normalized spacial score (nSPS) is 14.1. The van der Waals surface area contributed by atoms with E-state index in [4.69, 9.17) is 14.2 Å². The maximum Gasteiger partial charge on any atom is 0.319 e. The molecule has 13 heteroatoms. The summed E-state index contributed by atoms with van der Waals surface area (Å²) in [7, 11) is -1.27. The summed E-state index contributed by atoms with van der Waals surface area (Å²) in [5.74, 6) is -2.60. The van der Waals surface area contributed by atoms with Crippen LogP contribution in [0.15, 0.2) is 30.6 Å². The summed E-state index contributed by atoms with van der Waals surface area (Å²) < 4.78 is 48.4. The number of amides is 2. The highest BCUT2D eigenvalue weighted by Gasteiger charge is 2.20. The molecule has 10 nitrogen and oxygen atoms in total. The van der Waals surface area contributed by atoms with Gasteiger partial charge in [0.1, 0.15) is 24.2 Å².